The van der Waals surface area contributed by atoms with Crippen molar-refractivity contribution in [3.05, 3.63) is 76.8 Å². The summed E-state index contributed by atoms with van der Waals surface area (Å²) in [6.45, 7) is 0.612. The molecule has 33 heavy (non-hydrogen) atoms. The zero-order chi connectivity index (χ0) is 23.5. The van der Waals surface area contributed by atoms with Crippen LogP contribution < -0.4 is 29.7 Å². The van der Waals surface area contributed by atoms with E-state index in [1.807, 2.05) is 42.5 Å². The molecular formula is C24H24BrN3O5. The highest BCUT2D eigenvalue weighted by Crippen LogP contribution is 2.36. The first-order valence-electron chi connectivity index (χ1n) is 10.0. The molecule has 3 aromatic rings. The van der Waals surface area contributed by atoms with Gasteiger partial charge in [0.2, 0.25) is 0 Å². The Kier molecular flexibility index (Phi) is 8.96. The molecule has 0 atom stereocenters. The zero-order valence-electron chi connectivity index (χ0n) is 18.2. The largest absolute Gasteiger partial charge is 0.493 e. The van der Waals surface area contributed by atoms with Gasteiger partial charge < -0.3 is 24.3 Å². The Balaban J connectivity index is 1.55. The number of hydrogen-bond donors (Lipinski definition) is 2. The molecule has 0 bridgehead atoms. The van der Waals surface area contributed by atoms with E-state index < -0.39 is 6.03 Å². The van der Waals surface area contributed by atoms with Crippen molar-refractivity contribution < 1.29 is 23.7 Å². The summed E-state index contributed by atoms with van der Waals surface area (Å²) in [5.74, 6) is 2.35. The third-order valence-corrected chi connectivity index (χ3v) is 4.91. The highest BCUT2D eigenvalue weighted by Gasteiger charge is 2.12. The third-order valence-electron chi connectivity index (χ3n) is 4.32. The number of urea groups is 1. The Labute approximate surface area is 200 Å². The number of methoxy groups -OCH3 is 2. The van der Waals surface area contributed by atoms with Crippen molar-refractivity contribution in [2.45, 2.75) is 0 Å². The first kappa shape index (κ1) is 23.9. The van der Waals surface area contributed by atoms with Crippen LogP contribution in [0.25, 0.3) is 0 Å². The van der Waals surface area contributed by atoms with Crippen LogP contribution in [0.5, 0.6) is 23.0 Å². The number of anilines is 1. The van der Waals surface area contributed by atoms with Crippen molar-refractivity contribution >= 4 is 33.9 Å². The number of benzene rings is 3. The minimum Gasteiger partial charge on any atom is -0.493 e. The summed E-state index contributed by atoms with van der Waals surface area (Å²) >= 11 is 3.50. The lowest BCUT2D eigenvalue weighted by molar-refractivity contribution is 0.205. The van der Waals surface area contributed by atoms with Crippen LogP contribution in [-0.4, -0.2) is 39.7 Å². The summed E-state index contributed by atoms with van der Waals surface area (Å²) in [6, 6.07) is 19.6. The van der Waals surface area contributed by atoms with Crippen molar-refractivity contribution in [3.8, 4) is 23.0 Å². The molecule has 8 nitrogen and oxygen atoms in total. The number of carbonyl (C=O) groups excluding carboxylic acids is 1. The standard InChI is InChI=1S/C24H24BrN3O5/c1-30-20-10-6-7-11-21(20)32-12-13-33-23-19(25)14-17(15-22(23)31-2)16-26-28-24(29)27-18-8-4-3-5-9-18/h3-11,14-16H,12-13H2,1-2H3,(H2,27,28,29). The van der Waals surface area contributed by atoms with E-state index in [1.165, 1.54) is 6.21 Å². The first-order valence-corrected chi connectivity index (χ1v) is 10.8. The van der Waals surface area contributed by atoms with Gasteiger partial charge in [0.05, 0.1) is 24.9 Å². The molecule has 0 aromatic heterocycles. The topological polar surface area (TPSA) is 90.4 Å². The minimum atomic E-state index is -0.446. The van der Waals surface area contributed by atoms with Crippen LogP contribution in [0, 0.1) is 0 Å². The Bertz CT molecular complexity index is 1090. The van der Waals surface area contributed by atoms with Crippen LogP contribution in [-0.2, 0) is 0 Å². The van der Waals surface area contributed by atoms with Crippen molar-refractivity contribution in [3.63, 3.8) is 0 Å². The van der Waals surface area contributed by atoms with Crippen molar-refractivity contribution in [2.75, 3.05) is 32.8 Å². The second kappa shape index (κ2) is 12.4. The fourth-order valence-corrected chi connectivity index (χ4v) is 3.41. The number of hydrogen-bond acceptors (Lipinski definition) is 6. The lowest BCUT2D eigenvalue weighted by Crippen LogP contribution is -2.24. The van der Waals surface area contributed by atoms with E-state index in [0.29, 0.717) is 51.9 Å². The van der Waals surface area contributed by atoms with Crippen molar-refractivity contribution in [1.29, 1.82) is 0 Å². The van der Waals surface area contributed by atoms with E-state index in [1.54, 1.807) is 38.5 Å². The molecule has 2 amide bonds. The molecule has 3 aromatic carbocycles. The monoisotopic (exact) mass is 513 g/mol. The van der Waals surface area contributed by atoms with Crippen LogP contribution in [0.3, 0.4) is 0 Å². The fraction of sp³-hybridized carbons (Fsp3) is 0.167. The van der Waals surface area contributed by atoms with E-state index in [2.05, 4.69) is 31.8 Å². The average Bonchev–Trinajstić information content (AvgIpc) is 2.83. The quantitative estimate of drug-likeness (QED) is 0.224. The molecule has 0 fully saturated rings. The maximum Gasteiger partial charge on any atom is 0.339 e. The van der Waals surface area contributed by atoms with Gasteiger partial charge in [-0.3, -0.25) is 0 Å². The summed E-state index contributed by atoms with van der Waals surface area (Å²) in [4.78, 5) is 11.9. The number of rotatable bonds is 10. The number of ether oxygens (including phenoxy) is 4. The number of carbonyl (C=O) groups is 1. The normalized spacial score (nSPS) is 10.5. The molecule has 0 saturated heterocycles. The van der Waals surface area contributed by atoms with E-state index in [-0.39, 0.29) is 0 Å². The van der Waals surface area contributed by atoms with Crippen LogP contribution in [0.2, 0.25) is 0 Å². The molecular weight excluding hydrogens is 490 g/mol. The van der Waals surface area contributed by atoms with Gasteiger partial charge in [-0.2, -0.15) is 5.10 Å². The van der Waals surface area contributed by atoms with Gasteiger partial charge in [0, 0.05) is 5.69 Å². The van der Waals surface area contributed by atoms with E-state index in [9.17, 15) is 4.79 Å². The zero-order valence-corrected chi connectivity index (χ0v) is 19.8. The lowest BCUT2D eigenvalue weighted by Gasteiger charge is -2.14. The molecule has 0 unspecified atom stereocenters. The minimum absolute atomic E-state index is 0.293. The van der Waals surface area contributed by atoms with E-state index in [4.69, 9.17) is 18.9 Å². The van der Waals surface area contributed by atoms with Crippen molar-refractivity contribution in [2.24, 2.45) is 5.10 Å². The van der Waals surface area contributed by atoms with Gasteiger partial charge in [-0.1, -0.05) is 30.3 Å². The Morgan fingerprint density at radius 3 is 2.30 bits per heavy atom. The van der Waals surface area contributed by atoms with Gasteiger partial charge >= 0.3 is 6.03 Å². The van der Waals surface area contributed by atoms with Gasteiger partial charge in [-0.15, -0.1) is 0 Å². The second-order valence-electron chi connectivity index (χ2n) is 6.57. The predicted molar refractivity (Wildman–Crippen MR) is 131 cm³/mol. The van der Waals surface area contributed by atoms with Crippen LogP contribution in [0.15, 0.2) is 76.3 Å². The van der Waals surface area contributed by atoms with Crippen LogP contribution in [0.1, 0.15) is 5.56 Å². The second-order valence-corrected chi connectivity index (χ2v) is 7.43. The maximum absolute atomic E-state index is 11.9. The molecule has 0 heterocycles. The van der Waals surface area contributed by atoms with Crippen LogP contribution in [0.4, 0.5) is 10.5 Å². The Hall–Kier alpha value is -3.72. The molecule has 0 aliphatic carbocycles. The lowest BCUT2D eigenvalue weighted by atomic mass is 10.2. The Morgan fingerprint density at radius 2 is 1.58 bits per heavy atom. The molecule has 0 aliphatic heterocycles. The van der Waals surface area contributed by atoms with Gasteiger partial charge in [0.15, 0.2) is 23.0 Å². The molecule has 172 valence electrons. The molecule has 0 radical (unpaired) electrons. The molecule has 3 rings (SSSR count). The predicted octanol–water partition coefficient (Wildman–Crippen LogP) is 5.08. The molecule has 0 saturated carbocycles. The van der Waals surface area contributed by atoms with E-state index >= 15 is 0 Å². The number of nitrogens with zero attached hydrogens (tertiary/aromatic N) is 1. The fourth-order valence-electron chi connectivity index (χ4n) is 2.83. The maximum atomic E-state index is 11.9. The Morgan fingerprint density at radius 1 is 0.909 bits per heavy atom. The average molecular weight is 514 g/mol. The number of hydrazone groups is 1. The van der Waals surface area contributed by atoms with Crippen LogP contribution >= 0.6 is 15.9 Å². The number of amides is 2. The van der Waals surface area contributed by atoms with Gasteiger partial charge in [0.25, 0.3) is 0 Å². The van der Waals surface area contributed by atoms with Gasteiger partial charge in [-0.05, 0) is 57.9 Å². The van der Waals surface area contributed by atoms with Crippen molar-refractivity contribution in [1.82, 2.24) is 5.43 Å². The van der Waals surface area contributed by atoms with E-state index in [0.717, 1.165) is 0 Å². The number of halogens is 1. The van der Waals surface area contributed by atoms with Gasteiger partial charge in [0.1, 0.15) is 13.2 Å². The summed E-state index contributed by atoms with van der Waals surface area (Å²) in [5.41, 5.74) is 3.80. The first-order chi connectivity index (χ1) is 16.1. The smallest absolute Gasteiger partial charge is 0.339 e. The number of para-hydroxylation sites is 3. The highest BCUT2D eigenvalue weighted by molar-refractivity contribution is 9.10. The molecule has 0 spiro atoms. The number of nitrogens with one attached hydrogen (secondary N) is 2. The third kappa shape index (κ3) is 7.15. The highest BCUT2D eigenvalue weighted by atomic mass is 79.9. The SMILES string of the molecule is COc1ccccc1OCCOc1c(Br)cc(C=NNC(=O)Nc2ccccc2)cc1OC. The molecule has 2 N–H and O–H groups in total. The molecule has 0 aliphatic rings. The summed E-state index contributed by atoms with van der Waals surface area (Å²) in [6.07, 6.45) is 1.51. The van der Waals surface area contributed by atoms with Gasteiger partial charge in [-0.25, -0.2) is 10.2 Å². The summed E-state index contributed by atoms with van der Waals surface area (Å²) < 4.78 is 23.0. The summed E-state index contributed by atoms with van der Waals surface area (Å²) in [5, 5.41) is 6.65. The molecule has 9 heteroatoms. The summed E-state index contributed by atoms with van der Waals surface area (Å²) in [7, 11) is 3.14.